The fourth-order valence-electron chi connectivity index (χ4n) is 2.23. The van der Waals surface area contributed by atoms with Gasteiger partial charge in [-0.1, -0.05) is 12.1 Å². The van der Waals surface area contributed by atoms with Gasteiger partial charge in [-0.15, -0.1) is 5.10 Å². The summed E-state index contributed by atoms with van der Waals surface area (Å²) in [5.41, 5.74) is 0.933. The highest BCUT2D eigenvalue weighted by Crippen LogP contribution is 2.29. The van der Waals surface area contributed by atoms with Crippen LogP contribution in [0.25, 0.3) is 0 Å². The lowest BCUT2D eigenvalue weighted by molar-refractivity contribution is 0.373. The van der Waals surface area contributed by atoms with Gasteiger partial charge in [0.1, 0.15) is 0 Å². The standard InChI is InChI=1S/C18H17N5O4/c1-26-13-7-3-5-11(15(13)24)9-19-17-21-18(23-22-17)20-10-12-6-4-8-14(27-2)16(12)25/h3-10,24-25H,1-2H3,(H,21,22,23)/b19-9+,20-10+. The zero-order valence-electron chi connectivity index (χ0n) is 14.6. The molecule has 0 fully saturated rings. The predicted octanol–water partition coefficient (Wildman–Crippen LogP) is 2.73. The van der Waals surface area contributed by atoms with E-state index >= 15 is 0 Å². The molecule has 0 amide bonds. The molecule has 0 unspecified atom stereocenters. The third kappa shape index (κ3) is 4.03. The van der Waals surface area contributed by atoms with Crippen molar-refractivity contribution < 1.29 is 19.7 Å². The van der Waals surface area contributed by atoms with E-state index in [2.05, 4.69) is 25.2 Å². The summed E-state index contributed by atoms with van der Waals surface area (Å²) < 4.78 is 10.1. The Kier molecular flexibility index (Phi) is 5.31. The average molecular weight is 367 g/mol. The largest absolute Gasteiger partial charge is 0.504 e. The van der Waals surface area contributed by atoms with E-state index in [1.807, 2.05) is 0 Å². The summed E-state index contributed by atoms with van der Waals surface area (Å²) in [5, 5.41) is 26.6. The van der Waals surface area contributed by atoms with Crippen LogP contribution in [0.5, 0.6) is 23.0 Å². The van der Waals surface area contributed by atoms with Gasteiger partial charge in [-0.3, -0.25) is 0 Å². The summed E-state index contributed by atoms with van der Waals surface area (Å²) in [7, 11) is 2.94. The van der Waals surface area contributed by atoms with Crippen LogP contribution in [0.4, 0.5) is 11.9 Å². The van der Waals surface area contributed by atoms with Crippen LogP contribution in [0.15, 0.2) is 46.4 Å². The van der Waals surface area contributed by atoms with Crippen LogP contribution in [0.1, 0.15) is 11.1 Å². The Hall–Kier alpha value is -3.88. The number of phenolic OH excluding ortho intramolecular Hbond substituents is 2. The molecule has 0 saturated carbocycles. The first kappa shape index (κ1) is 17.9. The van der Waals surface area contributed by atoms with Gasteiger partial charge in [-0.25, -0.2) is 15.1 Å². The van der Waals surface area contributed by atoms with Crippen LogP contribution in [0.3, 0.4) is 0 Å². The number of benzene rings is 2. The number of ether oxygens (including phenoxy) is 2. The first-order chi connectivity index (χ1) is 13.1. The van der Waals surface area contributed by atoms with Crippen LogP contribution in [-0.2, 0) is 0 Å². The lowest BCUT2D eigenvalue weighted by Crippen LogP contribution is -1.88. The molecule has 2 aromatic carbocycles. The van der Waals surface area contributed by atoms with Crippen LogP contribution >= 0.6 is 0 Å². The molecule has 3 N–H and O–H groups in total. The second-order valence-electron chi connectivity index (χ2n) is 5.27. The third-order valence-electron chi connectivity index (χ3n) is 3.61. The van der Waals surface area contributed by atoms with Crippen LogP contribution in [0, 0.1) is 0 Å². The minimum absolute atomic E-state index is 0.0185. The quantitative estimate of drug-likeness (QED) is 0.575. The lowest BCUT2D eigenvalue weighted by atomic mass is 10.2. The molecular weight excluding hydrogens is 350 g/mol. The highest BCUT2D eigenvalue weighted by molar-refractivity contribution is 5.87. The third-order valence-corrected chi connectivity index (χ3v) is 3.61. The van der Waals surface area contributed by atoms with Crippen molar-refractivity contribution in [2.45, 2.75) is 0 Å². The highest BCUT2D eigenvalue weighted by Gasteiger charge is 2.07. The molecule has 3 rings (SSSR count). The van der Waals surface area contributed by atoms with Gasteiger partial charge in [0.2, 0.25) is 5.95 Å². The molecular formula is C18H17N5O4. The summed E-state index contributed by atoms with van der Waals surface area (Å²) in [5.74, 6) is 0.997. The summed E-state index contributed by atoms with van der Waals surface area (Å²) in [6, 6.07) is 10.1. The molecule has 0 aliphatic rings. The van der Waals surface area contributed by atoms with Gasteiger partial charge in [-0.05, 0) is 24.3 Å². The van der Waals surface area contributed by atoms with E-state index in [0.717, 1.165) is 0 Å². The molecule has 0 spiro atoms. The van der Waals surface area contributed by atoms with E-state index in [0.29, 0.717) is 22.6 Å². The van der Waals surface area contributed by atoms with Gasteiger partial charge in [0.05, 0.1) is 14.2 Å². The molecule has 9 nitrogen and oxygen atoms in total. The van der Waals surface area contributed by atoms with Crippen molar-refractivity contribution in [2.24, 2.45) is 9.98 Å². The molecule has 3 aromatic rings. The minimum atomic E-state index is -0.0222. The molecule has 0 radical (unpaired) electrons. The number of H-pyrrole nitrogens is 1. The Morgan fingerprint density at radius 1 is 0.889 bits per heavy atom. The van der Waals surface area contributed by atoms with Crippen LogP contribution in [-0.4, -0.2) is 52.0 Å². The van der Waals surface area contributed by atoms with Crippen LogP contribution in [0.2, 0.25) is 0 Å². The summed E-state index contributed by atoms with van der Waals surface area (Å²) in [6.45, 7) is 0. The lowest BCUT2D eigenvalue weighted by Gasteiger charge is -2.04. The van der Waals surface area contributed by atoms with Crippen LogP contribution < -0.4 is 9.47 Å². The maximum atomic E-state index is 10.0. The smallest absolute Gasteiger partial charge is 0.269 e. The predicted molar refractivity (Wildman–Crippen MR) is 100 cm³/mol. The SMILES string of the molecule is COc1cccc(/C=N/c2n[nH]c(/N=C/c3cccc(OC)c3O)n2)c1O. The number of aromatic nitrogens is 3. The van der Waals surface area contributed by atoms with Gasteiger partial charge in [-0.2, -0.15) is 4.98 Å². The molecule has 1 aromatic heterocycles. The van der Waals surface area contributed by atoms with E-state index in [-0.39, 0.29) is 23.4 Å². The number of hydrogen-bond acceptors (Lipinski definition) is 8. The average Bonchev–Trinajstić information content (AvgIpc) is 3.14. The maximum Gasteiger partial charge on any atom is 0.269 e. The van der Waals surface area contributed by atoms with Crippen molar-refractivity contribution in [3.05, 3.63) is 47.5 Å². The number of para-hydroxylation sites is 2. The first-order valence-corrected chi connectivity index (χ1v) is 7.85. The number of hydrogen-bond donors (Lipinski definition) is 3. The van der Waals surface area contributed by atoms with Gasteiger partial charge in [0, 0.05) is 23.6 Å². The maximum absolute atomic E-state index is 10.0. The van der Waals surface area contributed by atoms with Crippen molar-refractivity contribution in [3.8, 4) is 23.0 Å². The van der Waals surface area contributed by atoms with E-state index in [9.17, 15) is 10.2 Å². The Balaban J connectivity index is 1.76. The van der Waals surface area contributed by atoms with Crippen molar-refractivity contribution in [3.63, 3.8) is 0 Å². The van der Waals surface area contributed by atoms with Crippen molar-refractivity contribution in [2.75, 3.05) is 14.2 Å². The topological polar surface area (TPSA) is 125 Å². The van der Waals surface area contributed by atoms with E-state index in [4.69, 9.17) is 9.47 Å². The molecule has 0 bridgehead atoms. The Morgan fingerprint density at radius 3 is 2.00 bits per heavy atom. The Bertz CT molecular complexity index is 919. The molecule has 0 atom stereocenters. The van der Waals surface area contributed by atoms with E-state index in [1.54, 1.807) is 36.4 Å². The van der Waals surface area contributed by atoms with Crippen molar-refractivity contribution in [1.29, 1.82) is 0 Å². The molecule has 9 heteroatoms. The summed E-state index contributed by atoms with van der Waals surface area (Å²) in [6.07, 6.45) is 2.85. The Morgan fingerprint density at radius 2 is 1.44 bits per heavy atom. The molecule has 0 aliphatic carbocycles. The fraction of sp³-hybridized carbons (Fsp3) is 0.111. The molecule has 0 aliphatic heterocycles. The second kappa shape index (κ2) is 8.00. The number of rotatable bonds is 6. The summed E-state index contributed by atoms with van der Waals surface area (Å²) >= 11 is 0. The fourth-order valence-corrected chi connectivity index (χ4v) is 2.23. The number of nitrogens with one attached hydrogen (secondary N) is 1. The Labute approximate surface area is 154 Å². The number of nitrogens with zero attached hydrogens (tertiary/aromatic N) is 4. The second-order valence-corrected chi connectivity index (χ2v) is 5.27. The first-order valence-electron chi connectivity index (χ1n) is 7.85. The summed E-state index contributed by atoms with van der Waals surface area (Å²) in [4.78, 5) is 12.3. The molecule has 27 heavy (non-hydrogen) atoms. The van der Waals surface area contributed by atoms with Gasteiger partial charge >= 0.3 is 0 Å². The molecule has 1 heterocycles. The number of aromatic amines is 1. The van der Waals surface area contributed by atoms with Gasteiger partial charge < -0.3 is 19.7 Å². The number of aromatic hydroxyl groups is 2. The zero-order valence-corrected chi connectivity index (χ0v) is 14.6. The number of methoxy groups -OCH3 is 2. The normalized spacial score (nSPS) is 11.3. The van der Waals surface area contributed by atoms with E-state index in [1.165, 1.54) is 26.6 Å². The number of aliphatic imine (C=N–C) groups is 2. The van der Waals surface area contributed by atoms with E-state index < -0.39 is 0 Å². The van der Waals surface area contributed by atoms with Gasteiger partial charge in [0.15, 0.2) is 23.0 Å². The van der Waals surface area contributed by atoms with Gasteiger partial charge in [0.25, 0.3) is 5.95 Å². The molecule has 0 saturated heterocycles. The number of phenols is 2. The van der Waals surface area contributed by atoms with Crippen molar-refractivity contribution >= 4 is 24.3 Å². The monoisotopic (exact) mass is 367 g/mol. The zero-order chi connectivity index (χ0) is 19.2. The highest BCUT2D eigenvalue weighted by atomic mass is 16.5. The molecule has 138 valence electrons. The minimum Gasteiger partial charge on any atom is -0.504 e. The van der Waals surface area contributed by atoms with Crippen molar-refractivity contribution in [1.82, 2.24) is 15.2 Å².